The molecule has 0 radical (unpaired) electrons. The molecule has 0 aliphatic carbocycles. The number of allylic oxidation sites excluding steroid dienone is 12. The van der Waals surface area contributed by atoms with Crippen molar-refractivity contribution in [2.24, 2.45) is 0 Å². The molecule has 0 aliphatic heterocycles. The van der Waals surface area contributed by atoms with E-state index in [1.54, 1.807) is 0 Å². The standard InChI is InChI=1S/C55H94O6/c1-4-7-10-13-16-19-22-25-26-27-28-29-30-31-34-36-39-42-45-48-54(57)60-51-52(61-55(58)49-46-43-40-37-33-24-21-18-15-12-9-6-3)50-59-53(56)47-44-41-38-35-32-23-20-17-14-11-8-5-2/h7,10,16,18-19,21,25-26,28-29,31,34,52H,4-6,8-9,11-15,17,20,22-24,27,30,32-33,35-51H2,1-3H3/b10-7-,19-16-,21-18-,26-25-,29-28-,34-31-. The van der Waals surface area contributed by atoms with E-state index in [1.807, 2.05) is 0 Å². The monoisotopic (exact) mass is 851 g/mol. The lowest BCUT2D eigenvalue weighted by atomic mass is 10.0. The van der Waals surface area contributed by atoms with Gasteiger partial charge < -0.3 is 14.2 Å². The lowest BCUT2D eigenvalue weighted by molar-refractivity contribution is -0.167. The molecule has 0 saturated carbocycles. The largest absolute Gasteiger partial charge is 0.462 e. The van der Waals surface area contributed by atoms with Gasteiger partial charge in [-0.1, -0.05) is 203 Å². The molecule has 0 amide bonds. The number of hydrogen-bond donors (Lipinski definition) is 0. The zero-order valence-electron chi connectivity index (χ0n) is 39.9. The summed E-state index contributed by atoms with van der Waals surface area (Å²) < 4.78 is 16.7. The first kappa shape index (κ1) is 57.9. The topological polar surface area (TPSA) is 78.9 Å². The van der Waals surface area contributed by atoms with Crippen LogP contribution in [0, 0.1) is 0 Å². The molecule has 61 heavy (non-hydrogen) atoms. The van der Waals surface area contributed by atoms with E-state index in [0.29, 0.717) is 19.3 Å². The van der Waals surface area contributed by atoms with E-state index in [9.17, 15) is 14.4 Å². The molecular formula is C55H94O6. The fraction of sp³-hybridized carbons (Fsp3) is 0.727. The number of hydrogen-bond acceptors (Lipinski definition) is 6. The van der Waals surface area contributed by atoms with Crippen LogP contribution in [0.3, 0.4) is 0 Å². The summed E-state index contributed by atoms with van der Waals surface area (Å²) in [6.45, 7) is 6.46. The first-order valence-corrected chi connectivity index (χ1v) is 25.4. The van der Waals surface area contributed by atoms with Crippen LogP contribution in [0.1, 0.15) is 239 Å². The maximum absolute atomic E-state index is 12.8. The summed E-state index contributed by atoms with van der Waals surface area (Å²) in [5.41, 5.74) is 0. The van der Waals surface area contributed by atoms with Crippen molar-refractivity contribution >= 4 is 17.9 Å². The Morgan fingerprint density at radius 1 is 0.344 bits per heavy atom. The molecule has 0 N–H and O–H groups in total. The summed E-state index contributed by atoms with van der Waals surface area (Å²) in [5, 5.41) is 0. The molecule has 0 fully saturated rings. The third kappa shape index (κ3) is 47.7. The molecule has 0 aromatic carbocycles. The van der Waals surface area contributed by atoms with Gasteiger partial charge >= 0.3 is 17.9 Å². The van der Waals surface area contributed by atoms with E-state index in [1.165, 1.54) is 89.9 Å². The van der Waals surface area contributed by atoms with Gasteiger partial charge in [0.15, 0.2) is 6.10 Å². The molecule has 1 unspecified atom stereocenters. The van der Waals surface area contributed by atoms with Crippen LogP contribution in [0.5, 0.6) is 0 Å². The minimum atomic E-state index is -0.790. The fourth-order valence-corrected chi connectivity index (χ4v) is 6.87. The van der Waals surface area contributed by atoms with Crippen LogP contribution in [0.2, 0.25) is 0 Å². The molecule has 0 aromatic heterocycles. The highest BCUT2D eigenvalue weighted by Gasteiger charge is 2.19. The second kappa shape index (κ2) is 49.5. The molecule has 0 aliphatic rings. The van der Waals surface area contributed by atoms with Crippen LogP contribution >= 0.6 is 0 Å². The molecule has 1 atom stereocenters. The van der Waals surface area contributed by atoms with E-state index in [4.69, 9.17) is 14.2 Å². The molecule has 0 saturated heterocycles. The SMILES string of the molecule is CC/C=C\C/C=C\C/C=C\C/C=C\C/C=C\CCCCCC(=O)OCC(COC(=O)CCCCCCCCCCCCCC)OC(=O)CCCCCCC/C=C\CCCCC. The average Bonchev–Trinajstić information content (AvgIpc) is 3.26. The number of esters is 3. The Bertz CT molecular complexity index is 1160. The molecule has 0 rings (SSSR count). The Balaban J connectivity index is 4.42. The van der Waals surface area contributed by atoms with Crippen LogP contribution in [0.4, 0.5) is 0 Å². The Morgan fingerprint density at radius 2 is 0.639 bits per heavy atom. The van der Waals surface area contributed by atoms with E-state index in [0.717, 1.165) is 109 Å². The predicted octanol–water partition coefficient (Wildman–Crippen LogP) is 16.6. The van der Waals surface area contributed by atoms with Crippen LogP contribution in [0.15, 0.2) is 72.9 Å². The number of unbranched alkanes of at least 4 members (excludes halogenated alkanes) is 22. The molecule has 0 heterocycles. The van der Waals surface area contributed by atoms with E-state index >= 15 is 0 Å². The maximum atomic E-state index is 12.8. The number of ether oxygens (including phenoxy) is 3. The normalized spacial score (nSPS) is 12.6. The van der Waals surface area contributed by atoms with Gasteiger partial charge in [-0.05, 0) is 89.9 Å². The molecule has 6 nitrogen and oxygen atoms in total. The minimum Gasteiger partial charge on any atom is -0.462 e. The molecule has 0 bridgehead atoms. The highest BCUT2D eigenvalue weighted by atomic mass is 16.6. The lowest BCUT2D eigenvalue weighted by Crippen LogP contribution is -2.30. The Labute approximate surface area is 376 Å². The van der Waals surface area contributed by atoms with Crippen molar-refractivity contribution in [3.05, 3.63) is 72.9 Å². The van der Waals surface area contributed by atoms with Crippen molar-refractivity contribution in [2.45, 2.75) is 245 Å². The van der Waals surface area contributed by atoms with Gasteiger partial charge in [0.2, 0.25) is 0 Å². The van der Waals surface area contributed by atoms with Gasteiger partial charge in [0.1, 0.15) is 13.2 Å². The number of carbonyl (C=O) groups is 3. The highest BCUT2D eigenvalue weighted by molar-refractivity contribution is 5.71. The van der Waals surface area contributed by atoms with Crippen LogP contribution in [-0.4, -0.2) is 37.2 Å². The van der Waals surface area contributed by atoms with Gasteiger partial charge in [0.25, 0.3) is 0 Å². The molecule has 0 aromatic rings. The lowest BCUT2D eigenvalue weighted by Gasteiger charge is -2.18. The maximum Gasteiger partial charge on any atom is 0.306 e. The van der Waals surface area contributed by atoms with Crippen LogP contribution in [-0.2, 0) is 28.6 Å². The predicted molar refractivity (Wildman–Crippen MR) is 261 cm³/mol. The first-order chi connectivity index (χ1) is 30.0. The van der Waals surface area contributed by atoms with Crippen molar-refractivity contribution in [2.75, 3.05) is 13.2 Å². The minimum absolute atomic E-state index is 0.0880. The second-order valence-electron chi connectivity index (χ2n) is 16.7. The summed E-state index contributed by atoms with van der Waals surface area (Å²) in [6, 6.07) is 0. The van der Waals surface area contributed by atoms with Gasteiger partial charge in [-0.2, -0.15) is 0 Å². The van der Waals surface area contributed by atoms with Crippen LogP contribution < -0.4 is 0 Å². The Hall–Kier alpha value is -3.15. The summed E-state index contributed by atoms with van der Waals surface area (Å²) in [5.74, 6) is -0.930. The Morgan fingerprint density at radius 3 is 1.07 bits per heavy atom. The van der Waals surface area contributed by atoms with Gasteiger partial charge in [-0.15, -0.1) is 0 Å². The summed E-state index contributed by atoms with van der Waals surface area (Å²) >= 11 is 0. The molecule has 0 spiro atoms. The third-order valence-electron chi connectivity index (χ3n) is 10.7. The van der Waals surface area contributed by atoms with Crippen molar-refractivity contribution in [3.63, 3.8) is 0 Å². The first-order valence-electron chi connectivity index (χ1n) is 25.4. The van der Waals surface area contributed by atoms with E-state index in [-0.39, 0.29) is 31.1 Å². The molecule has 350 valence electrons. The summed E-state index contributed by atoms with van der Waals surface area (Å²) in [6.07, 6.45) is 61.7. The second-order valence-corrected chi connectivity index (χ2v) is 16.7. The van der Waals surface area contributed by atoms with Gasteiger partial charge in [-0.25, -0.2) is 0 Å². The molecular weight excluding hydrogens is 757 g/mol. The summed E-state index contributed by atoms with van der Waals surface area (Å²) in [7, 11) is 0. The quantitative estimate of drug-likeness (QED) is 0.0263. The average molecular weight is 851 g/mol. The molecule has 6 heteroatoms. The zero-order valence-corrected chi connectivity index (χ0v) is 39.9. The van der Waals surface area contributed by atoms with Gasteiger partial charge in [-0.3, -0.25) is 14.4 Å². The summed E-state index contributed by atoms with van der Waals surface area (Å²) in [4.78, 5) is 37.9. The van der Waals surface area contributed by atoms with Gasteiger partial charge in [0.05, 0.1) is 0 Å². The zero-order chi connectivity index (χ0) is 44.4. The van der Waals surface area contributed by atoms with Crippen molar-refractivity contribution in [1.82, 2.24) is 0 Å². The smallest absolute Gasteiger partial charge is 0.306 e. The van der Waals surface area contributed by atoms with Crippen molar-refractivity contribution in [1.29, 1.82) is 0 Å². The fourth-order valence-electron chi connectivity index (χ4n) is 6.87. The number of carbonyl (C=O) groups excluding carboxylic acids is 3. The van der Waals surface area contributed by atoms with Crippen LogP contribution in [0.25, 0.3) is 0 Å². The van der Waals surface area contributed by atoms with Crippen molar-refractivity contribution < 1.29 is 28.6 Å². The van der Waals surface area contributed by atoms with E-state index in [2.05, 4.69) is 93.7 Å². The van der Waals surface area contributed by atoms with Crippen molar-refractivity contribution in [3.8, 4) is 0 Å². The number of rotatable bonds is 45. The third-order valence-corrected chi connectivity index (χ3v) is 10.7. The Kier molecular flexibility index (Phi) is 46.9. The van der Waals surface area contributed by atoms with E-state index < -0.39 is 6.10 Å². The van der Waals surface area contributed by atoms with Gasteiger partial charge in [0, 0.05) is 19.3 Å². The highest BCUT2D eigenvalue weighted by Crippen LogP contribution is 2.14.